The molecule has 102 valence electrons. The van der Waals surface area contributed by atoms with Crippen LogP contribution in [0, 0.1) is 5.82 Å². The number of aliphatic carboxylic acids is 1. The van der Waals surface area contributed by atoms with Crippen molar-refractivity contribution in [2.24, 2.45) is 0 Å². The van der Waals surface area contributed by atoms with Gasteiger partial charge in [0.05, 0.1) is 18.5 Å². The molecule has 2 aliphatic rings. The van der Waals surface area contributed by atoms with Crippen molar-refractivity contribution in [2.75, 3.05) is 11.4 Å². The normalized spacial score (nSPS) is 17.8. The number of halogens is 1. The lowest BCUT2D eigenvalue weighted by Crippen LogP contribution is -2.28. The maximum atomic E-state index is 12.9. The molecule has 1 aromatic rings. The van der Waals surface area contributed by atoms with Gasteiger partial charge in [-0.3, -0.25) is 4.79 Å². The van der Waals surface area contributed by atoms with Gasteiger partial charge in [-0.1, -0.05) is 0 Å². The molecule has 0 amide bonds. The van der Waals surface area contributed by atoms with Crippen molar-refractivity contribution in [3.05, 3.63) is 53.2 Å². The van der Waals surface area contributed by atoms with E-state index in [1.165, 1.54) is 12.1 Å². The molecule has 5 nitrogen and oxygen atoms in total. The van der Waals surface area contributed by atoms with Gasteiger partial charge in [0.15, 0.2) is 0 Å². The molecule has 1 fully saturated rings. The molecule has 2 aliphatic heterocycles. The average Bonchev–Trinajstić information content (AvgIpc) is 2.78. The molecular weight excluding hydrogens is 265 g/mol. The van der Waals surface area contributed by atoms with Crippen LogP contribution < -0.4 is 4.90 Å². The van der Waals surface area contributed by atoms with Gasteiger partial charge in [0.1, 0.15) is 11.6 Å². The van der Waals surface area contributed by atoms with Crippen LogP contribution in [0.2, 0.25) is 0 Å². The van der Waals surface area contributed by atoms with Gasteiger partial charge in [0.25, 0.3) is 0 Å². The van der Waals surface area contributed by atoms with Crippen LogP contribution in [0.5, 0.6) is 0 Å². The molecule has 0 aromatic heterocycles. The highest BCUT2D eigenvalue weighted by atomic mass is 19.1. The van der Waals surface area contributed by atoms with Gasteiger partial charge < -0.3 is 14.7 Å². The van der Waals surface area contributed by atoms with E-state index in [0.717, 1.165) is 0 Å². The quantitative estimate of drug-likeness (QED) is 0.834. The van der Waals surface area contributed by atoms with Crippen molar-refractivity contribution in [3.8, 4) is 0 Å². The number of rotatable bonds is 2. The maximum absolute atomic E-state index is 12.9. The van der Waals surface area contributed by atoms with E-state index in [1.54, 1.807) is 23.2 Å². The number of esters is 1. The Morgan fingerprint density at radius 1 is 1.30 bits per heavy atom. The van der Waals surface area contributed by atoms with E-state index >= 15 is 0 Å². The molecule has 0 saturated carbocycles. The molecule has 0 bridgehead atoms. The number of benzene rings is 1. The van der Waals surface area contributed by atoms with Crippen LogP contribution in [0.4, 0.5) is 10.1 Å². The third kappa shape index (κ3) is 2.05. The van der Waals surface area contributed by atoms with Crippen molar-refractivity contribution in [1.29, 1.82) is 0 Å². The topological polar surface area (TPSA) is 66.8 Å². The summed E-state index contributed by atoms with van der Waals surface area (Å²) in [5, 5.41) is 9.22. The number of nitrogens with zero attached hydrogens (tertiary/aromatic N) is 1. The summed E-state index contributed by atoms with van der Waals surface area (Å²) in [5.74, 6) is -1.83. The summed E-state index contributed by atoms with van der Waals surface area (Å²) < 4.78 is 17.9. The van der Waals surface area contributed by atoms with Crippen molar-refractivity contribution in [2.45, 2.75) is 6.42 Å². The van der Waals surface area contributed by atoms with Gasteiger partial charge >= 0.3 is 11.9 Å². The Bertz CT molecular complexity index is 660. The van der Waals surface area contributed by atoms with E-state index in [0.29, 0.717) is 11.3 Å². The number of fused-ring (bicyclic) bond motifs is 1. The van der Waals surface area contributed by atoms with Crippen molar-refractivity contribution in [1.82, 2.24) is 0 Å². The number of carbonyl (C=O) groups is 2. The minimum atomic E-state index is -1.13. The number of hydrogen-bond donors (Lipinski definition) is 1. The van der Waals surface area contributed by atoms with Crippen molar-refractivity contribution in [3.63, 3.8) is 0 Å². The number of hydrogen-bond acceptors (Lipinski definition) is 4. The van der Waals surface area contributed by atoms with E-state index in [4.69, 9.17) is 4.74 Å². The SMILES string of the molecule is O=C1CC2=CN(c3ccc(F)cc3)CC(C(=O)O)=C2O1. The van der Waals surface area contributed by atoms with E-state index in [9.17, 15) is 19.1 Å². The molecule has 2 heterocycles. The van der Waals surface area contributed by atoms with E-state index in [1.807, 2.05) is 0 Å². The fraction of sp³-hybridized carbons (Fsp3) is 0.143. The Labute approximate surface area is 113 Å². The first kappa shape index (κ1) is 12.4. The van der Waals surface area contributed by atoms with Gasteiger partial charge in [-0.05, 0) is 24.3 Å². The second-order valence-corrected chi connectivity index (χ2v) is 4.52. The molecule has 1 aromatic carbocycles. The number of carboxylic acid groups (broad SMARTS) is 1. The molecule has 0 radical (unpaired) electrons. The molecule has 3 rings (SSSR count). The van der Waals surface area contributed by atoms with Crippen molar-refractivity contribution < 1.29 is 23.8 Å². The second-order valence-electron chi connectivity index (χ2n) is 4.52. The van der Waals surface area contributed by atoms with Crippen LogP contribution >= 0.6 is 0 Å². The lowest BCUT2D eigenvalue weighted by atomic mass is 10.0. The highest BCUT2D eigenvalue weighted by molar-refractivity contribution is 5.93. The number of anilines is 1. The van der Waals surface area contributed by atoms with Crippen LogP contribution in [-0.2, 0) is 14.3 Å². The highest BCUT2D eigenvalue weighted by Crippen LogP contribution is 2.34. The fourth-order valence-corrected chi connectivity index (χ4v) is 2.25. The molecule has 1 N–H and O–H groups in total. The summed E-state index contributed by atoms with van der Waals surface area (Å²) in [7, 11) is 0. The number of ether oxygens (including phenoxy) is 1. The van der Waals surface area contributed by atoms with Gasteiger partial charge in [-0.25, -0.2) is 9.18 Å². The van der Waals surface area contributed by atoms with Crippen LogP contribution in [0.1, 0.15) is 6.42 Å². The van der Waals surface area contributed by atoms with Gasteiger partial charge in [0.2, 0.25) is 0 Å². The Hall–Kier alpha value is -2.63. The first-order valence-electron chi connectivity index (χ1n) is 5.95. The molecule has 0 aliphatic carbocycles. The Balaban J connectivity index is 2.00. The first-order valence-corrected chi connectivity index (χ1v) is 5.95. The van der Waals surface area contributed by atoms with Crippen LogP contribution in [0.25, 0.3) is 0 Å². The zero-order valence-electron chi connectivity index (χ0n) is 10.3. The second kappa shape index (κ2) is 4.48. The zero-order valence-corrected chi connectivity index (χ0v) is 10.3. The van der Waals surface area contributed by atoms with Crippen LogP contribution in [0.15, 0.2) is 47.4 Å². The standard InChI is InChI=1S/C14H10FNO4/c15-9-1-3-10(4-2-9)16-6-8-5-12(17)20-13(8)11(7-16)14(18)19/h1-4,6H,5,7H2,(H,18,19). The molecule has 6 heteroatoms. The Morgan fingerprint density at radius 3 is 2.65 bits per heavy atom. The third-order valence-electron chi connectivity index (χ3n) is 3.17. The highest BCUT2D eigenvalue weighted by Gasteiger charge is 2.34. The summed E-state index contributed by atoms with van der Waals surface area (Å²) >= 11 is 0. The van der Waals surface area contributed by atoms with Gasteiger partial charge in [0, 0.05) is 17.5 Å². The van der Waals surface area contributed by atoms with E-state index in [2.05, 4.69) is 0 Å². The lowest BCUT2D eigenvalue weighted by molar-refractivity contribution is -0.135. The summed E-state index contributed by atoms with van der Waals surface area (Å²) in [6.45, 7) is 0.0626. The maximum Gasteiger partial charge on any atom is 0.337 e. The van der Waals surface area contributed by atoms with Crippen LogP contribution in [0.3, 0.4) is 0 Å². The van der Waals surface area contributed by atoms with Gasteiger partial charge in [-0.2, -0.15) is 0 Å². The lowest BCUT2D eigenvalue weighted by Gasteiger charge is -2.25. The minimum Gasteiger partial charge on any atom is -0.478 e. The largest absolute Gasteiger partial charge is 0.478 e. The first-order chi connectivity index (χ1) is 9.54. The summed E-state index contributed by atoms with van der Waals surface area (Å²) in [5.41, 5.74) is 1.21. The summed E-state index contributed by atoms with van der Waals surface area (Å²) in [6, 6.07) is 5.69. The molecule has 1 saturated heterocycles. The van der Waals surface area contributed by atoms with Crippen molar-refractivity contribution >= 4 is 17.6 Å². The molecule has 0 atom stereocenters. The predicted octanol–water partition coefficient (Wildman–Crippen LogP) is 1.82. The monoisotopic (exact) mass is 275 g/mol. The van der Waals surface area contributed by atoms with Crippen LogP contribution in [-0.4, -0.2) is 23.6 Å². The predicted molar refractivity (Wildman–Crippen MR) is 67.2 cm³/mol. The summed E-state index contributed by atoms with van der Waals surface area (Å²) in [6.07, 6.45) is 1.71. The smallest absolute Gasteiger partial charge is 0.337 e. The van der Waals surface area contributed by atoms with E-state index < -0.39 is 11.9 Å². The average molecular weight is 275 g/mol. The minimum absolute atomic E-state index is 0.0256. The number of carbonyl (C=O) groups excluding carboxylic acids is 1. The molecule has 0 spiro atoms. The number of carboxylic acids is 1. The number of allylic oxidation sites excluding steroid dienone is 1. The summed E-state index contributed by atoms with van der Waals surface area (Å²) in [4.78, 5) is 24.2. The fourth-order valence-electron chi connectivity index (χ4n) is 2.25. The van der Waals surface area contributed by atoms with E-state index in [-0.39, 0.29) is 30.1 Å². The Morgan fingerprint density at radius 2 is 2.00 bits per heavy atom. The molecule has 20 heavy (non-hydrogen) atoms. The zero-order chi connectivity index (χ0) is 14.3. The van der Waals surface area contributed by atoms with Gasteiger partial charge in [-0.15, -0.1) is 0 Å². The molecule has 0 unspecified atom stereocenters. The molecular formula is C14H10FNO4. The Kier molecular flexibility index (Phi) is 2.78. The third-order valence-corrected chi connectivity index (χ3v) is 3.17.